The van der Waals surface area contributed by atoms with Gasteiger partial charge < -0.3 is 4.42 Å². The lowest BCUT2D eigenvalue weighted by atomic mass is 10.3. The average Bonchev–Trinajstić information content (AvgIpc) is 3.02. The highest BCUT2D eigenvalue weighted by atomic mass is 35.5. The van der Waals surface area contributed by atoms with Crippen molar-refractivity contribution in [1.29, 1.82) is 0 Å². The van der Waals surface area contributed by atoms with Crippen LogP contribution in [0.25, 0.3) is 32.1 Å². The highest BCUT2D eigenvalue weighted by Crippen LogP contribution is 2.36. The van der Waals surface area contributed by atoms with Gasteiger partial charge in [0.05, 0.1) is 20.1 Å². The summed E-state index contributed by atoms with van der Waals surface area (Å²) in [7, 11) is 0. The Bertz CT molecular complexity index is 864. The molecule has 0 N–H and O–H groups in total. The smallest absolute Gasteiger partial charge is 0.237 e. The van der Waals surface area contributed by atoms with Crippen LogP contribution in [0.2, 0.25) is 5.02 Å². The standard InChI is InChI=1S/C14H7ClN2OS/c15-8-5-6-16-10-7-12(19-13(8)10)14-17-9-3-1-2-4-11(9)18-14/h1-7H. The van der Waals surface area contributed by atoms with Crippen LogP contribution in [0.4, 0.5) is 0 Å². The number of thiophene rings is 1. The number of halogens is 1. The lowest BCUT2D eigenvalue weighted by Crippen LogP contribution is -1.70. The van der Waals surface area contributed by atoms with E-state index in [0.29, 0.717) is 10.9 Å². The number of fused-ring (bicyclic) bond motifs is 2. The third-order valence-electron chi connectivity index (χ3n) is 2.87. The van der Waals surface area contributed by atoms with Gasteiger partial charge in [0.1, 0.15) is 5.52 Å². The van der Waals surface area contributed by atoms with E-state index in [1.165, 1.54) is 0 Å². The maximum atomic E-state index is 6.16. The molecule has 0 saturated heterocycles. The molecule has 3 aromatic heterocycles. The highest BCUT2D eigenvalue weighted by Gasteiger charge is 2.13. The lowest BCUT2D eigenvalue weighted by molar-refractivity contribution is 0.622. The number of oxazole rings is 1. The topological polar surface area (TPSA) is 38.9 Å². The van der Waals surface area contributed by atoms with Crippen LogP contribution in [0.15, 0.2) is 47.0 Å². The first-order chi connectivity index (χ1) is 9.31. The second-order valence-electron chi connectivity index (χ2n) is 4.10. The Kier molecular flexibility index (Phi) is 2.33. The van der Waals surface area contributed by atoms with Gasteiger partial charge in [-0.1, -0.05) is 23.7 Å². The molecule has 3 nitrogen and oxygen atoms in total. The van der Waals surface area contributed by atoms with Gasteiger partial charge in [0, 0.05) is 6.20 Å². The van der Waals surface area contributed by atoms with Crippen molar-refractivity contribution in [2.45, 2.75) is 0 Å². The Balaban J connectivity index is 1.96. The molecule has 0 spiro atoms. The summed E-state index contributed by atoms with van der Waals surface area (Å²) in [5.41, 5.74) is 2.51. The van der Waals surface area contributed by atoms with E-state index in [4.69, 9.17) is 16.0 Å². The van der Waals surface area contributed by atoms with Crippen molar-refractivity contribution in [1.82, 2.24) is 9.97 Å². The number of para-hydroxylation sites is 2. The van der Waals surface area contributed by atoms with E-state index in [9.17, 15) is 0 Å². The lowest BCUT2D eigenvalue weighted by Gasteiger charge is -1.88. The molecule has 0 aliphatic carbocycles. The molecular formula is C14H7ClN2OS. The molecule has 0 unspecified atom stereocenters. The molecule has 1 aromatic carbocycles. The zero-order valence-corrected chi connectivity index (χ0v) is 11.2. The normalized spacial score (nSPS) is 11.4. The number of rotatable bonds is 1. The van der Waals surface area contributed by atoms with Gasteiger partial charge in [0.15, 0.2) is 5.58 Å². The minimum atomic E-state index is 0.611. The second-order valence-corrected chi connectivity index (χ2v) is 5.56. The van der Waals surface area contributed by atoms with Gasteiger partial charge in [-0.05, 0) is 24.3 Å². The largest absolute Gasteiger partial charge is 0.435 e. The van der Waals surface area contributed by atoms with Gasteiger partial charge in [-0.25, -0.2) is 4.98 Å². The van der Waals surface area contributed by atoms with Crippen molar-refractivity contribution in [2.75, 3.05) is 0 Å². The predicted molar refractivity (Wildman–Crippen MR) is 77.6 cm³/mol. The van der Waals surface area contributed by atoms with Gasteiger partial charge in [0.2, 0.25) is 5.89 Å². The molecule has 0 radical (unpaired) electrons. The average molecular weight is 287 g/mol. The predicted octanol–water partition coefficient (Wildman–Crippen LogP) is 4.76. The van der Waals surface area contributed by atoms with Crippen LogP contribution in [-0.2, 0) is 0 Å². The number of aromatic nitrogens is 2. The van der Waals surface area contributed by atoms with Gasteiger partial charge in [-0.3, -0.25) is 4.98 Å². The fraction of sp³-hybridized carbons (Fsp3) is 0. The molecule has 4 rings (SSSR count). The monoisotopic (exact) mass is 286 g/mol. The molecule has 5 heteroatoms. The second kappa shape index (κ2) is 4.05. The number of nitrogens with zero attached hydrogens (tertiary/aromatic N) is 2. The molecule has 0 aliphatic heterocycles. The van der Waals surface area contributed by atoms with Crippen molar-refractivity contribution >= 4 is 44.3 Å². The summed E-state index contributed by atoms with van der Waals surface area (Å²) in [6, 6.07) is 11.5. The Morgan fingerprint density at radius 1 is 1.11 bits per heavy atom. The van der Waals surface area contributed by atoms with E-state index in [1.807, 2.05) is 30.3 Å². The Morgan fingerprint density at radius 2 is 2.00 bits per heavy atom. The van der Waals surface area contributed by atoms with E-state index >= 15 is 0 Å². The zero-order chi connectivity index (χ0) is 12.8. The van der Waals surface area contributed by atoms with Gasteiger partial charge >= 0.3 is 0 Å². The molecule has 0 saturated carbocycles. The number of benzene rings is 1. The van der Waals surface area contributed by atoms with Gasteiger partial charge in [0.25, 0.3) is 0 Å². The fourth-order valence-corrected chi connectivity index (χ4v) is 3.21. The van der Waals surface area contributed by atoms with Crippen molar-refractivity contribution in [3.05, 3.63) is 47.6 Å². The minimum absolute atomic E-state index is 0.611. The minimum Gasteiger partial charge on any atom is -0.435 e. The molecule has 92 valence electrons. The number of hydrogen-bond donors (Lipinski definition) is 0. The van der Waals surface area contributed by atoms with E-state index in [0.717, 1.165) is 26.2 Å². The molecule has 0 bridgehead atoms. The van der Waals surface area contributed by atoms with Crippen LogP contribution >= 0.6 is 22.9 Å². The molecule has 3 heterocycles. The Hall–Kier alpha value is -1.91. The summed E-state index contributed by atoms with van der Waals surface area (Å²) in [6.45, 7) is 0. The Labute approximate surface area is 117 Å². The van der Waals surface area contributed by atoms with E-state index in [1.54, 1.807) is 23.6 Å². The summed E-state index contributed by atoms with van der Waals surface area (Å²) in [6.07, 6.45) is 1.70. The first-order valence-corrected chi connectivity index (χ1v) is 6.91. The van der Waals surface area contributed by atoms with Crippen molar-refractivity contribution in [3.63, 3.8) is 0 Å². The number of pyridine rings is 1. The fourth-order valence-electron chi connectivity index (χ4n) is 1.99. The van der Waals surface area contributed by atoms with Crippen LogP contribution in [0, 0.1) is 0 Å². The summed E-state index contributed by atoms with van der Waals surface area (Å²) in [4.78, 5) is 9.72. The van der Waals surface area contributed by atoms with Crippen LogP contribution in [0.5, 0.6) is 0 Å². The molecule has 0 amide bonds. The van der Waals surface area contributed by atoms with E-state index in [2.05, 4.69) is 9.97 Å². The molecule has 19 heavy (non-hydrogen) atoms. The third kappa shape index (κ3) is 1.72. The van der Waals surface area contributed by atoms with Crippen molar-refractivity contribution in [3.8, 4) is 10.8 Å². The number of hydrogen-bond acceptors (Lipinski definition) is 4. The molecular weight excluding hydrogens is 280 g/mol. The summed E-state index contributed by atoms with van der Waals surface area (Å²) >= 11 is 7.70. The molecule has 0 aliphatic rings. The Morgan fingerprint density at radius 3 is 2.84 bits per heavy atom. The highest BCUT2D eigenvalue weighted by molar-refractivity contribution is 7.22. The van der Waals surface area contributed by atoms with Gasteiger partial charge in [-0.2, -0.15) is 0 Å². The van der Waals surface area contributed by atoms with Gasteiger partial charge in [-0.15, -0.1) is 11.3 Å². The summed E-state index contributed by atoms with van der Waals surface area (Å²) < 4.78 is 6.71. The zero-order valence-electron chi connectivity index (χ0n) is 9.63. The maximum Gasteiger partial charge on any atom is 0.237 e. The molecule has 4 aromatic rings. The van der Waals surface area contributed by atoms with Crippen LogP contribution in [0.3, 0.4) is 0 Å². The first-order valence-electron chi connectivity index (χ1n) is 5.71. The van der Waals surface area contributed by atoms with Crippen LogP contribution in [-0.4, -0.2) is 9.97 Å². The molecule has 0 atom stereocenters. The van der Waals surface area contributed by atoms with E-state index < -0.39 is 0 Å². The summed E-state index contributed by atoms with van der Waals surface area (Å²) in [5, 5.41) is 0.706. The SMILES string of the molecule is Clc1ccnc2cc(-c3nc4ccccc4o3)sc12. The van der Waals surface area contributed by atoms with Crippen molar-refractivity contribution < 1.29 is 4.42 Å². The first kappa shape index (κ1) is 11.0. The molecule has 0 fully saturated rings. The third-order valence-corrected chi connectivity index (χ3v) is 4.44. The maximum absolute atomic E-state index is 6.16. The van der Waals surface area contributed by atoms with Crippen LogP contribution in [0.1, 0.15) is 0 Å². The van der Waals surface area contributed by atoms with Crippen molar-refractivity contribution in [2.24, 2.45) is 0 Å². The summed E-state index contributed by atoms with van der Waals surface area (Å²) in [5.74, 6) is 0.611. The quantitative estimate of drug-likeness (QED) is 0.506. The van der Waals surface area contributed by atoms with Crippen LogP contribution < -0.4 is 0 Å². The van der Waals surface area contributed by atoms with E-state index in [-0.39, 0.29) is 0 Å².